The maximum Gasteiger partial charge on any atom is 0.322 e. The Balaban J connectivity index is 1.42. The molecule has 0 atom stereocenters. The molecule has 2 heterocycles. The molecule has 0 saturated heterocycles. The minimum absolute atomic E-state index is 0.509. The van der Waals surface area contributed by atoms with Crippen LogP contribution in [0.2, 0.25) is 0 Å². The quantitative estimate of drug-likeness (QED) is 0.752. The van der Waals surface area contributed by atoms with Gasteiger partial charge in [0, 0.05) is 10.6 Å². The highest BCUT2D eigenvalue weighted by atomic mass is 32.2. The lowest BCUT2D eigenvalue weighted by Crippen LogP contribution is -2.11. The van der Waals surface area contributed by atoms with E-state index < -0.39 is 16.6 Å². The molecule has 2 aromatic rings. The number of aryl methyl sites for hydroxylation is 2. The number of hydrogen-bond donors (Lipinski definition) is 1. The Morgan fingerprint density at radius 3 is 2.48 bits per heavy atom. The van der Waals surface area contributed by atoms with Crippen molar-refractivity contribution in [2.24, 2.45) is 4.36 Å². The number of nitrogens with one attached hydrogen (secondary N) is 1. The highest BCUT2D eigenvalue weighted by molar-refractivity contribution is 7.78. The molecule has 2 amide bonds. The zero-order valence-corrected chi connectivity index (χ0v) is 16.6. The van der Waals surface area contributed by atoms with Crippen LogP contribution in [0.15, 0.2) is 20.7 Å². The van der Waals surface area contributed by atoms with E-state index in [1.165, 1.54) is 39.2 Å². The summed E-state index contributed by atoms with van der Waals surface area (Å²) in [5.41, 5.74) is 7.35. The van der Waals surface area contributed by atoms with Crippen molar-refractivity contribution in [3.8, 4) is 0 Å². The smallest absolute Gasteiger partial charge is 0.322 e. The Bertz CT molecular complexity index is 963. The van der Waals surface area contributed by atoms with Crippen LogP contribution in [-0.2, 0) is 58.3 Å². The number of urea groups is 1. The highest BCUT2D eigenvalue weighted by Crippen LogP contribution is 2.38. The van der Waals surface area contributed by atoms with Gasteiger partial charge in [0.15, 0.2) is 0 Å². The van der Waals surface area contributed by atoms with E-state index in [0.717, 1.165) is 55.5 Å². The first-order valence-electron chi connectivity index (χ1n) is 9.49. The van der Waals surface area contributed by atoms with E-state index in [1.807, 2.05) is 6.07 Å². The van der Waals surface area contributed by atoms with Gasteiger partial charge in [-0.15, -0.1) is 10.6 Å². The first kappa shape index (κ1) is 17.4. The summed E-state index contributed by atoms with van der Waals surface area (Å²) in [5, 5.41) is 2.99. The van der Waals surface area contributed by atoms with Crippen molar-refractivity contribution in [2.45, 2.75) is 55.8 Å². The van der Waals surface area contributed by atoms with Gasteiger partial charge < -0.3 is 18.6 Å². The van der Waals surface area contributed by atoms with Gasteiger partial charge in [-0.3, -0.25) is 0 Å². The van der Waals surface area contributed by atoms with E-state index >= 15 is 0 Å². The van der Waals surface area contributed by atoms with Crippen molar-refractivity contribution in [3.63, 3.8) is 0 Å². The molecule has 0 saturated carbocycles. The summed E-state index contributed by atoms with van der Waals surface area (Å²) in [5.74, 6) is 0. The first-order chi connectivity index (χ1) is 13.2. The SMILES string of the molecule is O=C(N=[S-](=O)c1cc2c(s1)COCC2)Nc1c2c(cc3c1CCC3)CCC2. The lowest BCUT2D eigenvalue weighted by Gasteiger charge is -2.15. The van der Waals surface area contributed by atoms with Crippen molar-refractivity contribution in [1.82, 2.24) is 0 Å². The number of anilines is 1. The molecule has 27 heavy (non-hydrogen) atoms. The van der Waals surface area contributed by atoms with Crippen LogP contribution < -0.4 is 5.32 Å². The van der Waals surface area contributed by atoms with Crippen LogP contribution in [0.3, 0.4) is 0 Å². The number of benzene rings is 1. The third-order valence-electron chi connectivity index (χ3n) is 5.67. The number of thiophene rings is 1. The Kier molecular flexibility index (Phi) is 4.53. The van der Waals surface area contributed by atoms with Crippen LogP contribution in [0.1, 0.15) is 45.5 Å². The van der Waals surface area contributed by atoms with Crippen molar-refractivity contribution in [3.05, 3.63) is 44.8 Å². The molecule has 1 N–H and O–H groups in total. The van der Waals surface area contributed by atoms with Gasteiger partial charge >= 0.3 is 6.03 Å². The van der Waals surface area contributed by atoms with Crippen LogP contribution in [0, 0.1) is 0 Å². The van der Waals surface area contributed by atoms with Gasteiger partial charge in [-0.1, -0.05) is 12.1 Å². The van der Waals surface area contributed by atoms with E-state index in [9.17, 15) is 9.00 Å². The minimum atomic E-state index is -1.67. The molecular weight excluding hydrogens is 380 g/mol. The van der Waals surface area contributed by atoms with Crippen LogP contribution in [0.5, 0.6) is 0 Å². The molecule has 142 valence electrons. The minimum Gasteiger partial charge on any atom is -0.439 e. The number of carbonyl (C=O) groups is 1. The van der Waals surface area contributed by atoms with Gasteiger partial charge in [-0.25, -0.2) is 4.79 Å². The number of ether oxygens (including phenoxy) is 1. The van der Waals surface area contributed by atoms with E-state index in [4.69, 9.17) is 4.74 Å². The number of amides is 2. The lowest BCUT2D eigenvalue weighted by molar-refractivity contribution is 0.113. The topological polar surface area (TPSA) is 67.8 Å². The molecule has 3 aliphatic rings. The third-order valence-corrected chi connectivity index (χ3v) is 8.08. The van der Waals surface area contributed by atoms with Gasteiger partial charge in [0.05, 0.1) is 13.2 Å². The van der Waals surface area contributed by atoms with E-state index in [-0.39, 0.29) is 0 Å². The van der Waals surface area contributed by atoms with E-state index in [1.54, 1.807) is 0 Å². The van der Waals surface area contributed by atoms with Gasteiger partial charge in [0.25, 0.3) is 0 Å². The molecule has 1 aromatic carbocycles. The average Bonchev–Trinajstić information content (AvgIpc) is 3.39. The maximum atomic E-state index is 12.6. The first-order valence-corrected chi connectivity index (χ1v) is 11.4. The number of hydrogen-bond acceptors (Lipinski definition) is 5. The lowest BCUT2D eigenvalue weighted by atomic mass is 9.99. The molecular formula is C20H21N2O3S2-. The molecule has 0 fully saturated rings. The van der Waals surface area contributed by atoms with E-state index in [0.29, 0.717) is 17.4 Å². The molecule has 7 heteroatoms. The number of rotatable bonds is 2. The van der Waals surface area contributed by atoms with Gasteiger partial charge in [-0.05, 0) is 77.0 Å². The molecule has 5 rings (SSSR count). The largest absolute Gasteiger partial charge is 0.439 e. The maximum absolute atomic E-state index is 12.6. The fourth-order valence-electron chi connectivity index (χ4n) is 4.42. The van der Waals surface area contributed by atoms with Gasteiger partial charge in [0.1, 0.15) is 0 Å². The van der Waals surface area contributed by atoms with Gasteiger partial charge in [0.2, 0.25) is 0 Å². The number of fused-ring (bicyclic) bond motifs is 3. The monoisotopic (exact) mass is 401 g/mol. The fourth-order valence-corrected chi connectivity index (χ4v) is 6.53. The second-order valence-electron chi connectivity index (χ2n) is 7.32. The molecule has 1 aliphatic heterocycles. The third kappa shape index (κ3) is 3.22. The van der Waals surface area contributed by atoms with Crippen LogP contribution >= 0.6 is 11.3 Å². The summed E-state index contributed by atoms with van der Waals surface area (Å²) in [6.45, 7) is 1.25. The fraction of sp³-hybridized carbons (Fsp3) is 0.450. The van der Waals surface area contributed by atoms with E-state index in [2.05, 4.69) is 15.7 Å². The highest BCUT2D eigenvalue weighted by Gasteiger charge is 2.24. The summed E-state index contributed by atoms with van der Waals surface area (Å²) in [7, 11) is -1.67. The molecule has 0 radical (unpaired) electrons. The summed E-state index contributed by atoms with van der Waals surface area (Å²) in [6.07, 6.45) is 7.25. The van der Waals surface area contributed by atoms with Crippen molar-refractivity contribution < 1.29 is 13.7 Å². The van der Waals surface area contributed by atoms with Crippen molar-refractivity contribution in [2.75, 3.05) is 11.9 Å². The predicted molar refractivity (Wildman–Crippen MR) is 106 cm³/mol. The summed E-state index contributed by atoms with van der Waals surface area (Å²) in [6, 6.07) is 3.73. The molecule has 0 spiro atoms. The second-order valence-corrected chi connectivity index (χ2v) is 9.84. The molecule has 0 unspecified atom stereocenters. The summed E-state index contributed by atoms with van der Waals surface area (Å²) < 4.78 is 22.6. The summed E-state index contributed by atoms with van der Waals surface area (Å²) >= 11 is 1.43. The normalized spacial score (nSPS) is 18.8. The standard InChI is InChI=1S/C20H21N2O3S2/c23-20(22-27(24)18-10-14-7-8-25-11-17(14)26-18)21-19-15-5-1-3-12(15)9-13-4-2-6-16(13)19/h9-10H,1-8,11H2,(H,21,23)/q-1. The Labute approximate surface area is 164 Å². The van der Waals surface area contributed by atoms with Crippen molar-refractivity contribution >= 4 is 33.7 Å². The predicted octanol–water partition coefficient (Wildman–Crippen LogP) is 4.54. The zero-order valence-electron chi connectivity index (χ0n) is 15.0. The van der Waals surface area contributed by atoms with Gasteiger partial charge in [-0.2, -0.15) is 11.3 Å². The Morgan fingerprint density at radius 1 is 1.04 bits per heavy atom. The second kappa shape index (κ2) is 7.04. The molecule has 0 bridgehead atoms. The molecule has 5 nitrogen and oxygen atoms in total. The zero-order chi connectivity index (χ0) is 18.4. The Morgan fingerprint density at radius 2 is 1.78 bits per heavy atom. The molecule has 1 aromatic heterocycles. The Hall–Kier alpha value is -1.70. The van der Waals surface area contributed by atoms with Crippen LogP contribution in [-0.4, -0.2) is 12.6 Å². The number of carbonyl (C=O) groups excluding carboxylic acids is 1. The van der Waals surface area contributed by atoms with Crippen LogP contribution in [0.25, 0.3) is 0 Å². The van der Waals surface area contributed by atoms with Crippen molar-refractivity contribution in [1.29, 1.82) is 0 Å². The summed E-state index contributed by atoms with van der Waals surface area (Å²) in [4.78, 5) is 13.6. The molecule has 2 aliphatic carbocycles. The number of nitrogens with zero attached hydrogens (tertiary/aromatic N) is 1. The van der Waals surface area contributed by atoms with Crippen LogP contribution in [0.4, 0.5) is 10.5 Å². The average molecular weight is 402 g/mol.